The lowest BCUT2D eigenvalue weighted by Crippen LogP contribution is -2.35. The molecule has 0 saturated heterocycles. The Balaban J connectivity index is 2.38. The molecule has 7 heteroatoms. The molecule has 2 rings (SSSR count). The maximum atomic E-state index is 12.5. The number of aromatic nitrogens is 2. The number of para-hydroxylation sites is 1. The van der Waals surface area contributed by atoms with E-state index in [0.717, 1.165) is 0 Å². The number of aryl methyl sites for hydroxylation is 1. The smallest absolute Gasteiger partial charge is 0.235 e. The number of benzene rings is 1. The van der Waals surface area contributed by atoms with Gasteiger partial charge in [-0.15, -0.1) is 0 Å². The van der Waals surface area contributed by atoms with Crippen LogP contribution in [0.4, 0.5) is 0 Å². The molecule has 0 aliphatic rings. The van der Waals surface area contributed by atoms with E-state index in [4.69, 9.17) is 0 Å². The lowest BCUT2D eigenvalue weighted by molar-refractivity contribution is -0.119. The van der Waals surface area contributed by atoms with Crippen molar-refractivity contribution >= 4 is 15.7 Å². The minimum absolute atomic E-state index is 0.0232. The van der Waals surface area contributed by atoms with E-state index in [1.165, 1.54) is 10.7 Å². The van der Waals surface area contributed by atoms with Gasteiger partial charge < -0.3 is 5.32 Å². The van der Waals surface area contributed by atoms with Crippen LogP contribution in [0.2, 0.25) is 0 Å². The van der Waals surface area contributed by atoms with Crippen LogP contribution in [-0.2, 0) is 14.6 Å². The van der Waals surface area contributed by atoms with Gasteiger partial charge in [-0.3, -0.25) is 4.79 Å². The van der Waals surface area contributed by atoms with Gasteiger partial charge >= 0.3 is 0 Å². The molecule has 0 aliphatic heterocycles. The van der Waals surface area contributed by atoms with Crippen molar-refractivity contribution in [3.8, 4) is 5.69 Å². The third-order valence-corrected chi connectivity index (χ3v) is 4.46. The molecule has 1 aromatic heterocycles. The maximum absolute atomic E-state index is 12.5. The summed E-state index contributed by atoms with van der Waals surface area (Å²) in [4.78, 5) is 11.8. The van der Waals surface area contributed by atoms with Gasteiger partial charge in [0.2, 0.25) is 15.7 Å². The number of nitrogens with one attached hydrogen (secondary N) is 1. The van der Waals surface area contributed by atoms with Crippen molar-refractivity contribution in [2.75, 3.05) is 5.75 Å². The molecule has 1 aromatic carbocycles. The third kappa shape index (κ3) is 3.73. The van der Waals surface area contributed by atoms with E-state index in [-0.39, 0.29) is 11.1 Å². The number of sulfone groups is 1. The lowest BCUT2D eigenvalue weighted by atomic mass is 10.3. The maximum Gasteiger partial charge on any atom is 0.235 e. The predicted octanol–water partition coefficient (Wildman–Crippen LogP) is 1.48. The van der Waals surface area contributed by atoms with E-state index in [9.17, 15) is 13.2 Å². The van der Waals surface area contributed by atoms with Gasteiger partial charge in [0.05, 0.1) is 11.4 Å². The molecule has 0 unspecified atom stereocenters. The standard InChI is InChI=1S/C15H19N3O3S/c1-11(2)16-14(19)10-22(20,21)15-9-12(3)17-18(15)13-7-5-4-6-8-13/h4-9,11H,10H2,1-3H3,(H,16,19). The minimum atomic E-state index is -3.77. The normalized spacial score (nSPS) is 11.6. The highest BCUT2D eigenvalue weighted by Crippen LogP contribution is 2.18. The molecule has 0 spiro atoms. The number of carbonyl (C=O) groups is 1. The fourth-order valence-corrected chi connectivity index (χ4v) is 3.40. The van der Waals surface area contributed by atoms with Crippen molar-refractivity contribution in [1.82, 2.24) is 15.1 Å². The van der Waals surface area contributed by atoms with Gasteiger partial charge in [0.1, 0.15) is 5.75 Å². The summed E-state index contributed by atoms with van der Waals surface area (Å²) >= 11 is 0. The van der Waals surface area contributed by atoms with E-state index < -0.39 is 21.5 Å². The van der Waals surface area contributed by atoms with Crippen LogP contribution in [0.25, 0.3) is 5.69 Å². The number of hydrogen-bond donors (Lipinski definition) is 1. The second kappa shape index (κ2) is 6.31. The molecule has 0 saturated carbocycles. The molecule has 1 N–H and O–H groups in total. The van der Waals surface area contributed by atoms with Gasteiger partial charge in [0, 0.05) is 6.04 Å². The summed E-state index contributed by atoms with van der Waals surface area (Å²) in [7, 11) is -3.77. The Kier molecular flexibility index (Phi) is 4.65. The van der Waals surface area contributed by atoms with E-state index in [1.54, 1.807) is 45.0 Å². The molecular formula is C15H19N3O3S. The first kappa shape index (κ1) is 16.2. The Morgan fingerprint density at radius 2 is 1.91 bits per heavy atom. The van der Waals surface area contributed by atoms with Crippen molar-refractivity contribution in [3.63, 3.8) is 0 Å². The van der Waals surface area contributed by atoms with Gasteiger partial charge in [-0.25, -0.2) is 13.1 Å². The number of amides is 1. The summed E-state index contributed by atoms with van der Waals surface area (Å²) in [5.41, 5.74) is 1.21. The average Bonchev–Trinajstić information content (AvgIpc) is 2.81. The van der Waals surface area contributed by atoms with Crippen LogP contribution in [0.5, 0.6) is 0 Å². The predicted molar refractivity (Wildman–Crippen MR) is 83.6 cm³/mol. The number of nitrogens with zero attached hydrogens (tertiary/aromatic N) is 2. The Morgan fingerprint density at radius 1 is 1.27 bits per heavy atom. The minimum Gasteiger partial charge on any atom is -0.353 e. The monoisotopic (exact) mass is 321 g/mol. The molecule has 6 nitrogen and oxygen atoms in total. The third-order valence-electron chi connectivity index (χ3n) is 2.89. The number of rotatable bonds is 5. The summed E-state index contributed by atoms with van der Waals surface area (Å²) < 4.78 is 26.4. The second-order valence-corrected chi connectivity index (χ2v) is 7.29. The first-order valence-corrected chi connectivity index (χ1v) is 8.59. The quantitative estimate of drug-likeness (QED) is 0.904. The van der Waals surface area contributed by atoms with E-state index in [0.29, 0.717) is 11.4 Å². The SMILES string of the molecule is Cc1cc(S(=O)(=O)CC(=O)NC(C)C)n(-c2ccccc2)n1. The summed E-state index contributed by atoms with van der Waals surface area (Å²) in [5, 5.41) is 6.83. The van der Waals surface area contributed by atoms with E-state index >= 15 is 0 Å². The topological polar surface area (TPSA) is 81.1 Å². The van der Waals surface area contributed by atoms with Gasteiger partial charge in [-0.2, -0.15) is 5.10 Å². The highest BCUT2D eigenvalue weighted by molar-refractivity contribution is 7.92. The van der Waals surface area contributed by atoms with Gasteiger partial charge in [-0.05, 0) is 39.0 Å². The molecule has 2 aromatic rings. The Labute approximate surface area is 130 Å². The average molecular weight is 321 g/mol. The summed E-state index contributed by atoms with van der Waals surface area (Å²) in [6.07, 6.45) is 0. The Hall–Kier alpha value is -2.15. The summed E-state index contributed by atoms with van der Waals surface area (Å²) in [6, 6.07) is 10.3. The molecule has 0 atom stereocenters. The van der Waals surface area contributed by atoms with E-state index in [2.05, 4.69) is 10.4 Å². The molecule has 1 heterocycles. The summed E-state index contributed by atoms with van der Waals surface area (Å²) in [6.45, 7) is 5.28. The van der Waals surface area contributed by atoms with Crippen LogP contribution < -0.4 is 5.32 Å². The van der Waals surface area contributed by atoms with Crippen molar-refractivity contribution in [3.05, 3.63) is 42.1 Å². The zero-order chi connectivity index (χ0) is 16.3. The summed E-state index contributed by atoms with van der Waals surface area (Å²) in [5.74, 6) is -1.11. The second-order valence-electron chi connectivity index (χ2n) is 5.35. The van der Waals surface area contributed by atoms with E-state index in [1.807, 2.05) is 6.07 Å². The highest BCUT2D eigenvalue weighted by Gasteiger charge is 2.25. The molecule has 0 radical (unpaired) electrons. The van der Waals surface area contributed by atoms with Crippen LogP contribution in [0, 0.1) is 6.92 Å². The fraction of sp³-hybridized carbons (Fsp3) is 0.333. The van der Waals surface area contributed by atoms with Crippen molar-refractivity contribution in [1.29, 1.82) is 0 Å². The largest absolute Gasteiger partial charge is 0.353 e. The molecular weight excluding hydrogens is 302 g/mol. The van der Waals surface area contributed by atoms with Gasteiger partial charge in [-0.1, -0.05) is 18.2 Å². The molecule has 1 amide bonds. The van der Waals surface area contributed by atoms with Crippen molar-refractivity contribution < 1.29 is 13.2 Å². The highest BCUT2D eigenvalue weighted by atomic mass is 32.2. The number of carbonyl (C=O) groups excluding carboxylic acids is 1. The van der Waals surface area contributed by atoms with Crippen LogP contribution in [-0.4, -0.2) is 35.9 Å². The van der Waals surface area contributed by atoms with Gasteiger partial charge in [0.25, 0.3) is 0 Å². The zero-order valence-corrected chi connectivity index (χ0v) is 13.6. The first-order valence-electron chi connectivity index (χ1n) is 6.94. The molecule has 118 valence electrons. The van der Waals surface area contributed by atoms with Crippen LogP contribution in [0.15, 0.2) is 41.4 Å². The molecule has 22 heavy (non-hydrogen) atoms. The lowest BCUT2D eigenvalue weighted by Gasteiger charge is -2.10. The molecule has 0 fully saturated rings. The van der Waals surface area contributed by atoms with Crippen LogP contribution >= 0.6 is 0 Å². The van der Waals surface area contributed by atoms with Crippen LogP contribution in [0.1, 0.15) is 19.5 Å². The molecule has 0 aliphatic carbocycles. The van der Waals surface area contributed by atoms with Crippen molar-refractivity contribution in [2.24, 2.45) is 0 Å². The Morgan fingerprint density at radius 3 is 2.50 bits per heavy atom. The van der Waals surface area contributed by atoms with Gasteiger partial charge in [0.15, 0.2) is 5.03 Å². The Bertz CT molecular complexity index is 765. The van der Waals surface area contributed by atoms with Crippen LogP contribution in [0.3, 0.4) is 0 Å². The number of hydrogen-bond acceptors (Lipinski definition) is 4. The fourth-order valence-electron chi connectivity index (χ4n) is 2.06. The zero-order valence-electron chi connectivity index (χ0n) is 12.8. The molecule has 0 bridgehead atoms. The van der Waals surface area contributed by atoms with Crippen molar-refractivity contribution in [2.45, 2.75) is 31.8 Å². The first-order chi connectivity index (χ1) is 10.3.